The first-order chi connectivity index (χ1) is 13.8. The summed E-state index contributed by atoms with van der Waals surface area (Å²) in [6, 6.07) is 13.0. The maximum absolute atomic E-state index is 12.4. The van der Waals surface area contributed by atoms with E-state index in [0.29, 0.717) is 16.4 Å². The van der Waals surface area contributed by atoms with Gasteiger partial charge >= 0.3 is 0 Å². The first kappa shape index (κ1) is 20.6. The lowest BCUT2D eigenvalue weighted by molar-refractivity contribution is -0.113. The van der Waals surface area contributed by atoms with Crippen molar-refractivity contribution in [3.63, 3.8) is 0 Å². The minimum absolute atomic E-state index is 0.114. The highest BCUT2D eigenvalue weighted by Gasteiger charge is 2.12. The van der Waals surface area contributed by atoms with E-state index in [1.54, 1.807) is 44.7 Å². The van der Waals surface area contributed by atoms with E-state index in [9.17, 15) is 9.59 Å². The Balaban J connectivity index is 1.65. The largest absolute Gasteiger partial charge is 0.345 e. The van der Waals surface area contributed by atoms with E-state index < -0.39 is 0 Å². The molecule has 29 heavy (non-hydrogen) atoms. The third kappa shape index (κ3) is 5.03. The van der Waals surface area contributed by atoms with Crippen LogP contribution in [0.5, 0.6) is 0 Å². The molecule has 150 valence electrons. The van der Waals surface area contributed by atoms with Gasteiger partial charge in [-0.3, -0.25) is 14.2 Å². The van der Waals surface area contributed by atoms with Crippen molar-refractivity contribution in [2.45, 2.75) is 19.0 Å². The number of carbonyl (C=O) groups is 2. The second-order valence-electron chi connectivity index (χ2n) is 6.87. The number of hydrogen-bond acceptors (Lipinski definition) is 5. The van der Waals surface area contributed by atoms with E-state index in [1.807, 2.05) is 16.7 Å². The zero-order valence-corrected chi connectivity index (χ0v) is 17.7. The van der Waals surface area contributed by atoms with Crippen molar-refractivity contribution in [3.05, 3.63) is 65.5 Å². The molecular formula is C21H23N5O2S. The van der Waals surface area contributed by atoms with Gasteiger partial charge in [-0.2, -0.15) is 0 Å². The van der Waals surface area contributed by atoms with E-state index in [4.69, 9.17) is 0 Å². The molecule has 0 radical (unpaired) electrons. The Kier molecular flexibility index (Phi) is 6.33. The van der Waals surface area contributed by atoms with Gasteiger partial charge in [-0.15, -0.1) is 10.2 Å². The van der Waals surface area contributed by atoms with Crippen molar-refractivity contribution in [3.8, 4) is 5.69 Å². The van der Waals surface area contributed by atoms with Crippen molar-refractivity contribution in [1.29, 1.82) is 0 Å². The summed E-state index contributed by atoms with van der Waals surface area (Å²) in [6.45, 7) is 4.12. The van der Waals surface area contributed by atoms with Gasteiger partial charge in [-0.05, 0) is 55.3 Å². The lowest BCUT2D eigenvalue weighted by atomic mass is 10.1. The van der Waals surface area contributed by atoms with Gasteiger partial charge in [0.1, 0.15) is 6.33 Å². The molecule has 0 aliphatic carbocycles. The fraction of sp³-hybridized carbons (Fsp3) is 0.238. The molecule has 0 bridgehead atoms. The number of nitrogens with one attached hydrogen (secondary N) is 1. The number of thioether (sulfide) groups is 1. The first-order valence-electron chi connectivity index (χ1n) is 9.07. The van der Waals surface area contributed by atoms with Gasteiger partial charge in [0.15, 0.2) is 5.16 Å². The van der Waals surface area contributed by atoms with Crippen molar-refractivity contribution in [2.24, 2.45) is 0 Å². The minimum atomic E-state index is -0.181. The second-order valence-corrected chi connectivity index (χ2v) is 7.81. The summed E-state index contributed by atoms with van der Waals surface area (Å²) in [5.74, 6) is -0.119. The number of carbonyl (C=O) groups excluding carboxylic acids is 2. The summed E-state index contributed by atoms with van der Waals surface area (Å²) in [4.78, 5) is 26.0. The Morgan fingerprint density at radius 1 is 1.10 bits per heavy atom. The van der Waals surface area contributed by atoms with Crippen LogP contribution in [0.15, 0.2) is 53.9 Å². The summed E-state index contributed by atoms with van der Waals surface area (Å²) in [5.41, 5.74) is 4.45. The molecule has 0 aliphatic rings. The molecule has 0 spiro atoms. The normalized spacial score (nSPS) is 10.6. The number of amides is 2. The zero-order valence-electron chi connectivity index (χ0n) is 16.8. The number of anilines is 1. The maximum Gasteiger partial charge on any atom is 0.253 e. The fourth-order valence-corrected chi connectivity index (χ4v) is 3.42. The molecule has 1 heterocycles. The Labute approximate surface area is 174 Å². The Hall–Kier alpha value is -3.13. The number of aromatic nitrogens is 3. The lowest BCUT2D eigenvalue weighted by Crippen LogP contribution is -2.22. The highest BCUT2D eigenvalue weighted by Crippen LogP contribution is 2.22. The van der Waals surface area contributed by atoms with Crippen LogP contribution in [0.1, 0.15) is 21.5 Å². The number of aryl methyl sites for hydroxylation is 2. The molecule has 2 amide bonds. The molecule has 1 aromatic heterocycles. The summed E-state index contributed by atoms with van der Waals surface area (Å²) in [6.07, 6.45) is 1.64. The molecule has 0 saturated heterocycles. The van der Waals surface area contributed by atoms with Gasteiger partial charge in [-0.1, -0.05) is 23.9 Å². The molecule has 0 aliphatic heterocycles. The van der Waals surface area contributed by atoms with Gasteiger partial charge < -0.3 is 10.2 Å². The topological polar surface area (TPSA) is 80.1 Å². The molecule has 3 aromatic rings. The van der Waals surface area contributed by atoms with E-state index in [0.717, 1.165) is 5.69 Å². The number of nitrogens with zero attached hydrogens (tertiary/aromatic N) is 4. The van der Waals surface area contributed by atoms with E-state index in [2.05, 4.69) is 35.4 Å². The summed E-state index contributed by atoms with van der Waals surface area (Å²) in [7, 11) is 3.38. The van der Waals surface area contributed by atoms with Crippen LogP contribution in [0.2, 0.25) is 0 Å². The van der Waals surface area contributed by atoms with Gasteiger partial charge in [0.25, 0.3) is 5.91 Å². The molecule has 3 rings (SSSR count). The SMILES string of the molecule is Cc1ccc(-n2cnnc2SCC(=O)Nc2cccc(C(=O)N(C)C)c2)cc1C. The summed E-state index contributed by atoms with van der Waals surface area (Å²) in [5, 5.41) is 11.6. The van der Waals surface area contributed by atoms with Crippen LogP contribution < -0.4 is 5.32 Å². The standard InChI is InChI=1S/C21H23N5O2S/c1-14-8-9-18(10-15(14)2)26-13-22-24-21(26)29-12-19(27)23-17-7-5-6-16(11-17)20(28)25(3)4/h5-11,13H,12H2,1-4H3,(H,23,27). The Morgan fingerprint density at radius 3 is 2.62 bits per heavy atom. The highest BCUT2D eigenvalue weighted by atomic mass is 32.2. The quantitative estimate of drug-likeness (QED) is 0.632. The highest BCUT2D eigenvalue weighted by molar-refractivity contribution is 7.99. The molecule has 2 aromatic carbocycles. The van der Waals surface area contributed by atoms with Gasteiger partial charge in [0, 0.05) is 31.0 Å². The second kappa shape index (κ2) is 8.91. The van der Waals surface area contributed by atoms with Gasteiger partial charge in [0.2, 0.25) is 5.91 Å². The Bertz CT molecular complexity index is 1050. The maximum atomic E-state index is 12.4. The van der Waals surface area contributed by atoms with Crippen LogP contribution in [0.4, 0.5) is 5.69 Å². The molecule has 0 unspecified atom stereocenters. The smallest absolute Gasteiger partial charge is 0.253 e. The van der Waals surface area contributed by atoms with Crippen LogP contribution >= 0.6 is 11.8 Å². The van der Waals surface area contributed by atoms with Crippen molar-refractivity contribution < 1.29 is 9.59 Å². The zero-order chi connectivity index (χ0) is 21.0. The van der Waals surface area contributed by atoms with Crippen LogP contribution in [-0.2, 0) is 4.79 Å². The average Bonchev–Trinajstić information content (AvgIpc) is 3.16. The minimum Gasteiger partial charge on any atom is -0.345 e. The lowest BCUT2D eigenvalue weighted by Gasteiger charge is -2.12. The van der Waals surface area contributed by atoms with Crippen LogP contribution in [0.25, 0.3) is 5.69 Å². The van der Waals surface area contributed by atoms with Gasteiger partial charge in [-0.25, -0.2) is 0 Å². The molecule has 0 atom stereocenters. The molecule has 0 fully saturated rings. The molecule has 8 heteroatoms. The monoisotopic (exact) mass is 409 g/mol. The summed E-state index contributed by atoms with van der Waals surface area (Å²) < 4.78 is 1.86. The predicted octanol–water partition coefficient (Wildman–Crippen LogP) is 3.32. The van der Waals surface area contributed by atoms with Crippen molar-refractivity contribution in [1.82, 2.24) is 19.7 Å². The first-order valence-corrected chi connectivity index (χ1v) is 10.1. The molecule has 0 saturated carbocycles. The van der Waals surface area contributed by atoms with E-state index in [-0.39, 0.29) is 17.6 Å². The third-order valence-electron chi connectivity index (χ3n) is 4.42. The van der Waals surface area contributed by atoms with E-state index >= 15 is 0 Å². The van der Waals surface area contributed by atoms with Crippen molar-refractivity contribution >= 4 is 29.3 Å². The molecule has 7 nitrogen and oxygen atoms in total. The van der Waals surface area contributed by atoms with Crippen LogP contribution in [-0.4, -0.2) is 51.3 Å². The average molecular weight is 410 g/mol. The van der Waals surface area contributed by atoms with Crippen LogP contribution in [0, 0.1) is 13.8 Å². The van der Waals surface area contributed by atoms with E-state index in [1.165, 1.54) is 27.8 Å². The number of rotatable bonds is 6. The predicted molar refractivity (Wildman–Crippen MR) is 115 cm³/mol. The molecular weight excluding hydrogens is 386 g/mol. The molecule has 1 N–H and O–H groups in total. The third-order valence-corrected chi connectivity index (χ3v) is 5.36. The van der Waals surface area contributed by atoms with Crippen molar-refractivity contribution in [2.75, 3.05) is 25.2 Å². The van der Waals surface area contributed by atoms with Crippen LogP contribution in [0.3, 0.4) is 0 Å². The fourth-order valence-electron chi connectivity index (χ4n) is 2.69. The summed E-state index contributed by atoms with van der Waals surface area (Å²) >= 11 is 1.30. The van der Waals surface area contributed by atoms with Gasteiger partial charge in [0.05, 0.1) is 5.75 Å². The number of hydrogen-bond donors (Lipinski definition) is 1. The number of benzene rings is 2. The Morgan fingerprint density at radius 2 is 1.90 bits per heavy atom.